The number of rotatable bonds is 9. The van der Waals surface area contributed by atoms with E-state index in [2.05, 4.69) is 42.3 Å². The van der Waals surface area contributed by atoms with Crippen molar-refractivity contribution in [2.75, 3.05) is 39.3 Å². The Hall–Kier alpha value is -3.57. The van der Waals surface area contributed by atoms with Crippen LogP contribution in [0.3, 0.4) is 0 Å². The van der Waals surface area contributed by atoms with Crippen molar-refractivity contribution >= 4 is 22.9 Å². The average Bonchev–Trinajstić information content (AvgIpc) is 3.23. The van der Waals surface area contributed by atoms with E-state index < -0.39 is 0 Å². The minimum Gasteiger partial charge on any atom is -0.489 e. The number of carbonyl (C=O) groups is 1. The van der Waals surface area contributed by atoms with Crippen LogP contribution in [-0.2, 0) is 6.54 Å². The normalized spacial score (nSPS) is 14.6. The van der Waals surface area contributed by atoms with Crippen LogP contribution in [0, 0.1) is 0 Å². The number of ether oxygens (including phenoxy) is 1. The summed E-state index contributed by atoms with van der Waals surface area (Å²) < 4.78 is 7.86. The van der Waals surface area contributed by atoms with E-state index in [4.69, 9.17) is 4.74 Å². The maximum Gasteiger partial charge on any atom is 0.270 e. The quantitative estimate of drug-likeness (QED) is 0.445. The van der Waals surface area contributed by atoms with Gasteiger partial charge in [0.05, 0.1) is 5.52 Å². The van der Waals surface area contributed by atoms with Crippen LogP contribution in [-0.4, -0.2) is 59.6 Å². The molecular formula is C28H31N3O2. The Kier molecular flexibility index (Phi) is 7.43. The number of hydrogen-bond acceptors (Lipinski definition) is 3. The summed E-state index contributed by atoms with van der Waals surface area (Å²) in [4.78, 5) is 17.8. The standard InChI is InChI=1S/C28H31N3O2/c1-3-15-31-25-13-8-14-27(33-21-4-2)24(25)22-26(31)28(32)30-19-17-29(18-20-30)16-9-12-23-10-6-5-7-11-23/h3-14,22H,1-2,15-21H2/b12-9+. The number of allylic oxidation sites excluding steroid dienone is 1. The number of carbonyl (C=O) groups excluding carboxylic acids is 1. The fraction of sp³-hybridized carbons (Fsp3) is 0.250. The van der Waals surface area contributed by atoms with Crippen molar-refractivity contribution in [2.45, 2.75) is 6.54 Å². The zero-order valence-corrected chi connectivity index (χ0v) is 19.0. The van der Waals surface area contributed by atoms with E-state index in [9.17, 15) is 4.79 Å². The van der Waals surface area contributed by atoms with E-state index in [0.29, 0.717) is 31.9 Å². The van der Waals surface area contributed by atoms with Gasteiger partial charge < -0.3 is 14.2 Å². The molecule has 0 radical (unpaired) electrons. The Morgan fingerprint density at radius 1 is 0.939 bits per heavy atom. The number of hydrogen-bond donors (Lipinski definition) is 0. The monoisotopic (exact) mass is 441 g/mol. The molecule has 0 aliphatic carbocycles. The summed E-state index contributed by atoms with van der Waals surface area (Å²) in [7, 11) is 0. The van der Waals surface area contributed by atoms with Crippen LogP contribution >= 0.6 is 0 Å². The van der Waals surface area contributed by atoms with E-state index in [1.54, 1.807) is 6.08 Å². The van der Waals surface area contributed by atoms with Gasteiger partial charge in [-0.1, -0.05) is 67.3 Å². The molecule has 1 aliphatic rings. The summed E-state index contributed by atoms with van der Waals surface area (Å²) >= 11 is 0. The second-order valence-electron chi connectivity index (χ2n) is 8.12. The van der Waals surface area contributed by atoms with Gasteiger partial charge in [-0.05, 0) is 23.8 Å². The fourth-order valence-corrected chi connectivity index (χ4v) is 4.23. The molecule has 5 heteroatoms. The molecule has 2 heterocycles. The van der Waals surface area contributed by atoms with Gasteiger partial charge in [-0.15, -0.1) is 6.58 Å². The van der Waals surface area contributed by atoms with Gasteiger partial charge in [-0.2, -0.15) is 0 Å². The zero-order chi connectivity index (χ0) is 23.0. The highest BCUT2D eigenvalue weighted by molar-refractivity contribution is 6.00. The highest BCUT2D eigenvalue weighted by Crippen LogP contribution is 2.30. The summed E-state index contributed by atoms with van der Waals surface area (Å²) in [5.41, 5.74) is 2.86. The van der Waals surface area contributed by atoms with Crippen molar-refractivity contribution in [2.24, 2.45) is 0 Å². The smallest absolute Gasteiger partial charge is 0.270 e. The van der Waals surface area contributed by atoms with Gasteiger partial charge in [0.2, 0.25) is 0 Å². The van der Waals surface area contributed by atoms with Gasteiger partial charge in [-0.3, -0.25) is 9.69 Å². The van der Waals surface area contributed by atoms with Crippen LogP contribution < -0.4 is 4.74 Å². The van der Waals surface area contributed by atoms with E-state index in [1.807, 2.05) is 58.0 Å². The molecule has 4 rings (SSSR count). The summed E-state index contributed by atoms with van der Waals surface area (Å²) in [6, 6.07) is 18.2. The lowest BCUT2D eigenvalue weighted by Gasteiger charge is -2.34. The van der Waals surface area contributed by atoms with Gasteiger partial charge in [0, 0.05) is 44.7 Å². The largest absolute Gasteiger partial charge is 0.489 e. The molecule has 2 aromatic carbocycles. The van der Waals surface area contributed by atoms with Crippen LogP contribution in [0.25, 0.3) is 17.0 Å². The molecule has 0 unspecified atom stereocenters. The number of fused-ring (bicyclic) bond motifs is 1. The maximum atomic E-state index is 13.5. The second-order valence-corrected chi connectivity index (χ2v) is 8.12. The SMILES string of the molecule is C=CCOc1cccc2c1cc(C(=O)N1CCN(C/C=C/c3ccccc3)CC1)n2CC=C. The van der Waals surface area contributed by atoms with Crippen molar-refractivity contribution < 1.29 is 9.53 Å². The Labute approximate surface area is 195 Å². The highest BCUT2D eigenvalue weighted by atomic mass is 16.5. The number of benzene rings is 2. The number of amides is 1. The van der Waals surface area contributed by atoms with Crippen molar-refractivity contribution in [3.05, 3.63) is 97.2 Å². The highest BCUT2D eigenvalue weighted by Gasteiger charge is 2.25. The van der Waals surface area contributed by atoms with Crippen LogP contribution in [0.4, 0.5) is 0 Å². The molecular weight excluding hydrogens is 410 g/mol. The lowest BCUT2D eigenvalue weighted by molar-refractivity contribution is 0.0640. The predicted molar refractivity (Wildman–Crippen MR) is 136 cm³/mol. The zero-order valence-electron chi connectivity index (χ0n) is 19.0. The third-order valence-corrected chi connectivity index (χ3v) is 5.93. The molecule has 1 amide bonds. The molecule has 170 valence electrons. The molecule has 1 saturated heterocycles. The van der Waals surface area contributed by atoms with Gasteiger partial charge in [0.1, 0.15) is 18.1 Å². The average molecular weight is 442 g/mol. The van der Waals surface area contributed by atoms with E-state index in [1.165, 1.54) is 5.56 Å². The van der Waals surface area contributed by atoms with E-state index in [-0.39, 0.29) is 5.91 Å². The second kappa shape index (κ2) is 10.8. The van der Waals surface area contributed by atoms with Crippen molar-refractivity contribution in [3.8, 4) is 5.75 Å². The van der Waals surface area contributed by atoms with Gasteiger partial charge in [0.25, 0.3) is 5.91 Å². The third-order valence-electron chi connectivity index (χ3n) is 5.93. The maximum absolute atomic E-state index is 13.5. The van der Waals surface area contributed by atoms with Gasteiger partial charge in [0.15, 0.2) is 0 Å². The first kappa shape index (κ1) is 22.6. The lowest BCUT2D eigenvalue weighted by Crippen LogP contribution is -2.49. The third kappa shape index (κ3) is 5.26. The molecule has 0 saturated carbocycles. The predicted octanol–water partition coefficient (Wildman–Crippen LogP) is 4.86. The Bertz CT molecular complexity index is 1140. The first-order valence-corrected chi connectivity index (χ1v) is 11.4. The topological polar surface area (TPSA) is 37.7 Å². The van der Waals surface area contributed by atoms with Gasteiger partial charge >= 0.3 is 0 Å². The molecule has 0 spiro atoms. The molecule has 1 aliphatic heterocycles. The van der Waals surface area contributed by atoms with Gasteiger partial charge in [-0.25, -0.2) is 0 Å². The lowest BCUT2D eigenvalue weighted by atomic mass is 10.2. The van der Waals surface area contributed by atoms with E-state index >= 15 is 0 Å². The molecule has 0 atom stereocenters. The summed E-state index contributed by atoms with van der Waals surface area (Å²) in [5.74, 6) is 0.821. The molecule has 0 N–H and O–H groups in total. The van der Waals surface area contributed by atoms with Crippen LogP contribution in [0.1, 0.15) is 16.1 Å². The molecule has 1 fully saturated rings. The summed E-state index contributed by atoms with van der Waals surface area (Å²) in [6.07, 6.45) is 7.89. The summed E-state index contributed by atoms with van der Waals surface area (Å²) in [5, 5.41) is 0.939. The van der Waals surface area contributed by atoms with Crippen LogP contribution in [0.5, 0.6) is 5.75 Å². The van der Waals surface area contributed by atoms with E-state index in [0.717, 1.165) is 36.3 Å². The first-order chi connectivity index (χ1) is 16.2. The molecule has 33 heavy (non-hydrogen) atoms. The molecule has 0 bridgehead atoms. The number of aromatic nitrogens is 1. The molecule has 3 aromatic rings. The minimum absolute atomic E-state index is 0.0576. The molecule has 5 nitrogen and oxygen atoms in total. The Balaban J connectivity index is 1.45. The number of nitrogens with zero attached hydrogens (tertiary/aromatic N) is 3. The minimum atomic E-state index is 0.0576. The fourth-order valence-electron chi connectivity index (χ4n) is 4.23. The Morgan fingerprint density at radius 2 is 1.73 bits per heavy atom. The van der Waals surface area contributed by atoms with Crippen molar-refractivity contribution in [1.29, 1.82) is 0 Å². The summed E-state index contributed by atoms with van der Waals surface area (Å²) in [6.45, 7) is 12.6. The van der Waals surface area contributed by atoms with Crippen LogP contribution in [0.15, 0.2) is 86.0 Å². The van der Waals surface area contributed by atoms with Crippen molar-refractivity contribution in [1.82, 2.24) is 14.4 Å². The first-order valence-electron chi connectivity index (χ1n) is 11.4. The number of piperazine rings is 1. The van der Waals surface area contributed by atoms with Crippen LogP contribution in [0.2, 0.25) is 0 Å². The Morgan fingerprint density at radius 3 is 2.45 bits per heavy atom. The molecule has 1 aromatic heterocycles. The van der Waals surface area contributed by atoms with Crippen molar-refractivity contribution in [3.63, 3.8) is 0 Å².